The summed E-state index contributed by atoms with van der Waals surface area (Å²) in [5.41, 5.74) is 1.38. The average Bonchev–Trinajstić information content (AvgIpc) is 2.90. The Morgan fingerprint density at radius 2 is 1.90 bits per heavy atom. The first kappa shape index (κ1) is 13.4. The van der Waals surface area contributed by atoms with Crippen LogP contribution in [0.1, 0.15) is 5.56 Å². The van der Waals surface area contributed by atoms with E-state index in [0.717, 1.165) is 31.5 Å². The summed E-state index contributed by atoms with van der Waals surface area (Å²) in [6.07, 6.45) is -0.226. The largest absolute Gasteiger partial charge is 0.449 e. The van der Waals surface area contributed by atoms with Gasteiger partial charge in [-0.3, -0.25) is 4.90 Å². The van der Waals surface area contributed by atoms with Crippen LogP contribution in [0.15, 0.2) is 30.3 Å². The SMILES string of the molecule is CN(C)C(=O)OC[C@H]1[C@H]2CN(Cc3ccccc3)C[C@@H]12. The Bertz CT molecular complexity index is 463. The Balaban J connectivity index is 1.41. The lowest BCUT2D eigenvalue weighted by Crippen LogP contribution is -2.27. The number of hydrogen-bond acceptors (Lipinski definition) is 3. The first-order chi connectivity index (χ1) is 9.65. The average molecular weight is 274 g/mol. The van der Waals surface area contributed by atoms with E-state index in [9.17, 15) is 4.79 Å². The van der Waals surface area contributed by atoms with E-state index in [1.54, 1.807) is 14.1 Å². The standard InChI is InChI=1S/C16H22N2O2/c1-17(2)16(19)20-11-15-13-9-18(10-14(13)15)8-12-6-4-3-5-7-12/h3-7,13-15H,8-11H2,1-2H3/t13-,14+,15-. The third-order valence-electron chi connectivity index (χ3n) is 4.46. The number of nitrogens with zero attached hydrogens (tertiary/aromatic N) is 2. The molecule has 1 heterocycles. The zero-order chi connectivity index (χ0) is 14.1. The van der Waals surface area contributed by atoms with Crippen LogP contribution in [0.25, 0.3) is 0 Å². The van der Waals surface area contributed by atoms with Gasteiger partial charge in [0.1, 0.15) is 0 Å². The molecule has 1 aromatic carbocycles. The van der Waals surface area contributed by atoms with Crippen LogP contribution in [-0.4, -0.2) is 49.7 Å². The lowest BCUT2D eigenvalue weighted by atomic mass is 10.2. The molecule has 4 heteroatoms. The number of fused-ring (bicyclic) bond motifs is 1. The van der Waals surface area contributed by atoms with E-state index >= 15 is 0 Å². The molecule has 0 radical (unpaired) electrons. The molecule has 0 aromatic heterocycles. The summed E-state index contributed by atoms with van der Waals surface area (Å²) in [5, 5.41) is 0. The second-order valence-electron chi connectivity index (χ2n) is 6.14. The smallest absolute Gasteiger partial charge is 0.409 e. The Kier molecular flexibility index (Phi) is 3.66. The van der Waals surface area contributed by atoms with Crippen molar-refractivity contribution in [3.63, 3.8) is 0 Å². The van der Waals surface area contributed by atoms with Crippen molar-refractivity contribution in [3.8, 4) is 0 Å². The van der Waals surface area contributed by atoms with Gasteiger partial charge in [0.2, 0.25) is 0 Å². The second-order valence-corrected chi connectivity index (χ2v) is 6.14. The number of ether oxygens (including phenoxy) is 1. The van der Waals surface area contributed by atoms with Gasteiger partial charge in [0.05, 0.1) is 6.61 Å². The van der Waals surface area contributed by atoms with Gasteiger partial charge < -0.3 is 9.64 Å². The number of likely N-dealkylation sites (tertiary alicyclic amines) is 1. The summed E-state index contributed by atoms with van der Waals surface area (Å²) in [4.78, 5) is 15.4. The van der Waals surface area contributed by atoms with Crippen LogP contribution in [0.3, 0.4) is 0 Å². The first-order valence-corrected chi connectivity index (χ1v) is 7.25. The molecule has 1 aliphatic heterocycles. The molecule has 1 aliphatic carbocycles. The van der Waals surface area contributed by atoms with Crippen LogP contribution in [0, 0.1) is 17.8 Å². The number of amides is 1. The third-order valence-corrected chi connectivity index (χ3v) is 4.46. The molecule has 1 aromatic rings. The minimum absolute atomic E-state index is 0.226. The Hall–Kier alpha value is -1.55. The predicted octanol–water partition coefficient (Wildman–Crippen LogP) is 2.06. The van der Waals surface area contributed by atoms with Gasteiger partial charge in [0.15, 0.2) is 0 Å². The molecule has 1 saturated carbocycles. The maximum atomic E-state index is 11.4. The van der Waals surface area contributed by atoms with Gasteiger partial charge in [0.25, 0.3) is 0 Å². The highest BCUT2D eigenvalue weighted by atomic mass is 16.6. The Labute approximate surface area is 120 Å². The topological polar surface area (TPSA) is 32.8 Å². The quantitative estimate of drug-likeness (QED) is 0.842. The van der Waals surface area contributed by atoms with Crippen molar-refractivity contribution in [2.75, 3.05) is 33.8 Å². The number of carbonyl (C=O) groups excluding carboxylic acids is 1. The van der Waals surface area contributed by atoms with Crippen LogP contribution in [0.2, 0.25) is 0 Å². The van der Waals surface area contributed by atoms with Crippen LogP contribution in [0.5, 0.6) is 0 Å². The van der Waals surface area contributed by atoms with E-state index in [1.807, 2.05) is 0 Å². The van der Waals surface area contributed by atoms with E-state index in [2.05, 4.69) is 35.2 Å². The van der Waals surface area contributed by atoms with Crippen molar-refractivity contribution in [3.05, 3.63) is 35.9 Å². The Morgan fingerprint density at radius 3 is 2.50 bits per heavy atom. The van der Waals surface area contributed by atoms with Gasteiger partial charge in [-0.15, -0.1) is 0 Å². The van der Waals surface area contributed by atoms with Crippen LogP contribution in [-0.2, 0) is 11.3 Å². The molecular formula is C16H22N2O2. The van der Waals surface area contributed by atoms with E-state index in [4.69, 9.17) is 4.74 Å². The number of benzene rings is 1. The predicted molar refractivity (Wildman–Crippen MR) is 77.2 cm³/mol. The molecular weight excluding hydrogens is 252 g/mol. The molecule has 3 atom stereocenters. The van der Waals surface area contributed by atoms with Crippen molar-refractivity contribution < 1.29 is 9.53 Å². The van der Waals surface area contributed by atoms with E-state index in [1.165, 1.54) is 10.5 Å². The zero-order valence-corrected chi connectivity index (χ0v) is 12.2. The van der Waals surface area contributed by atoms with Gasteiger partial charge in [-0.2, -0.15) is 0 Å². The molecule has 4 nitrogen and oxygen atoms in total. The van der Waals surface area contributed by atoms with E-state index in [0.29, 0.717) is 12.5 Å². The molecule has 1 amide bonds. The van der Waals surface area contributed by atoms with Gasteiger partial charge in [-0.1, -0.05) is 30.3 Å². The van der Waals surface area contributed by atoms with Gasteiger partial charge in [-0.05, 0) is 17.4 Å². The molecule has 108 valence electrons. The summed E-state index contributed by atoms with van der Waals surface area (Å²) in [6, 6.07) is 10.6. The molecule has 0 N–H and O–H groups in total. The van der Waals surface area contributed by atoms with Crippen LogP contribution < -0.4 is 0 Å². The summed E-state index contributed by atoms with van der Waals surface area (Å²) in [5.74, 6) is 2.05. The second kappa shape index (κ2) is 5.44. The maximum Gasteiger partial charge on any atom is 0.409 e. The normalized spacial score (nSPS) is 28.0. The number of rotatable bonds is 4. The third kappa shape index (κ3) is 2.80. The minimum Gasteiger partial charge on any atom is -0.449 e. The van der Waals surface area contributed by atoms with Gasteiger partial charge in [0, 0.05) is 39.6 Å². The molecule has 0 bridgehead atoms. The van der Waals surface area contributed by atoms with Crippen molar-refractivity contribution in [1.29, 1.82) is 0 Å². The highest BCUT2D eigenvalue weighted by Crippen LogP contribution is 2.51. The Morgan fingerprint density at radius 1 is 1.25 bits per heavy atom. The molecule has 20 heavy (non-hydrogen) atoms. The summed E-state index contributed by atoms with van der Waals surface area (Å²) in [6.45, 7) is 3.91. The van der Waals surface area contributed by atoms with E-state index in [-0.39, 0.29) is 6.09 Å². The minimum atomic E-state index is -0.226. The summed E-state index contributed by atoms with van der Waals surface area (Å²) >= 11 is 0. The lowest BCUT2D eigenvalue weighted by molar-refractivity contribution is 0.106. The molecule has 3 rings (SSSR count). The summed E-state index contributed by atoms with van der Waals surface area (Å²) in [7, 11) is 3.44. The zero-order valence-electron chi connectivity index (χ0n) is 12.2. The number of carbonyl (C=O) groups is 1. The molecule has 0 unspecified atom stereocenters. The molecule has 2 aliphatic rings. The first-order valence-electron chi connectivity index (χ1n) is 7.25. The summed E-state index contributed by atoms with van der Waals surface area (Å²) < 4.78 is 5.29. The lowest BCUT2D eigenvalue weighted by Gasteiger charge is -2.19. The number of piperidine rings is 1. The van der Waals surface area contributed by atoms with E-state index < -0.39 is 0 Å². The van der Waals surface area contributed by atoms with Crippen molar-refractivity contribution in [2.45, 2.75) is 6.54 Å². The fourth-order valence-corrected chi connectivity index (χ4v) is 3.25. The fourth-order valence-electron chi connectivity index (χ4n) is 3.25. The van der Waals surface area contributed by atoms with Crippen molar-refractivity contribution in [1.82, 2.24) is 9.80 Å². The van der Waals surface area contributed by atoms with Gasteiger partial charge >= 0.3 is 6.09 Å². The van der Waals surface area contributed by atoms with Crippen LogP contribution >= 0.6 is 0 Å². The van der Waals surface area contributed by atoms with Gasteiger partial charge in [-0.25, -0.2) is 4.79 Å². The van der Waals surface area contributed by atoms with Crippen LogP contribution in [0.4, 0.5) is 4.79 Å². The molecule has 0 spiro atoms. The molecule has 2 fully saturated rings. The fraction of sp³-hybridized carbons (Fsp3) is 0.562. The number of hydrogen-bond donors (Lipinski definition) is 0. The highest BCUT2D eigenvalue weighted by Gasteiger charge is 2.55. The maximum absolute atomic E-state index is 11.4. The van der Waals surface area contributed by atoms with Crippen molar-refractivity contribution >= 4 is 6.09 Å². The molecule has 1 saturated heterocycles. The highest BCUT2D eigenvalue weighted by molar-refractivity contribution is 5.66. The van der Waals surface area contributed by atoms with Crippen molar-refractivity contribution in [2.24, 2.45) is 17.8 Å². The monoisotopic (exact) mass is 274 g/mol.